The molecule has 32 heavy (non-hydrogen) atoms. The Morgan fingerprint density at radius 3 is 2.44 bits per heavy atom. The van der Waals surface area contributed by atoms with Crippen molar-refractivity contribution in [3.05, 3.63) is 90.0 Å². The smallest absolute Gasteiger partial charge is 0.270 e. The summed E-state index contributed by atoms with van der Waals surface area (Å²) in [4.78, 5) is 31.4. The summed E-state index contributed by atoms with van der Waals surface area (Å²) in [7, 11) is 0. The van der Waals surface area contributed by atoms with Gasteiger partial charge in [0.25, 0.3) is 5.91 Å². The molecule has 0 aliphatic carbocycles. The van der Waals surface area contributed by atoms with Gasteiger partial charge in [-0.2, -0.15) is 0 Å². The molecule has 6 nitrogen and oxygen atoms in total. The number of benzene rings is 2. The lowest BCUT2D eigenvalue weighted by Gasteiger charge is -2.33. The van der Waals surface area contributed by atoms with Crippen LogP contribution in [-0.4, -0.2) is 29.9 Å². The lowest BCUT2D eigenvalue weighted by atomic mass is 9.95. The van der Waals surface area contributed by atoms with E-state index in [0.29, 0.717) is 43.9 Å². The molecular formula is C25H25FN4O2. The normalized spacial score (nSPS) is 14.1. The molecule has 3 aromatic rings. The first-order chi connectivity index (χ1) is 15.6. The van der Waals surface area contributed by atoms with Crippen LogP contribution in [0.25, 0.3) is 0 Å². The first kappa shape index (κ1) is 21.5. The number of amides is 2. The Morgan fingerprint density at radius 2 is 1.72 bits per heavy atom. The second-order valence-electron chi connectivity index (χ2n) is 7.83. The molecule has 1 aliphatic heterocycles. The summed E-state index contributed by atoms with van der Waals surface area (Å²) in [6, 6.07) is 19.2. The molecule has 0 unspecified atom stereocenters. The largest absolute Gasteiger partial charge is 0.371 e. The number of hydrogen-bond acceptors (Lipinski definition) is 4. The third-order valence-corrected chi connectivity index (χ3v) is 5.61. The van der Waals surface area contributed by atoms with Crippen molar-refractivity contribution >= 4 is 23.2 Å². The van der Waals surface area contributed by atoms with Gasteiger partial charge < -0.3 is 15.5 Å². The average Bonchev–Trinajstić information content (AvgIpc) is 2.85. The molecular weight excluding hydrogens is 407 g/mol. The van der Waals surface area contributed by atoms with Gasteiger partial charge in [-0.15, -0.1) is 0 Å². The van der Waals surface area contributed by atoms with E-state index >= 15 is 0 Å². The Labute approximate surface area is 186 Å². The molecule has 0 bridgehead atoms. The highest BCUT2D eigenvalue weighted by atomic mass is 19.1. The second kappa shape index (κ2) is 10.0. The Hall–Kier alpha value is -3.74. The van der Waals surface area contributed by atoms with E-state index in [2.05, 4.69) is 20.5 Å². The Bertz CT molecular complexity index is 1060. The van der Waals surface area contributed by atoms with Crippen LogP contribution >= 0.6 is 0 Å². The standard InChI is InChI=1S/C25H25FN4O2/c26-20-6-8-21(9-7-20)29-24(31)19-11-14-30(15-12-19)22-10-13-27-23(16-22)25(32)28-17-18-4-2-1-3-5-18/h1-10,13,16,19H,11-12,14-15,17H2,(H,28,32)(H,29,31). The molecule has 2 amide bonds. The number of aromatic nitrogens is 1. The van der Waals surface area contributed by atoms with Gasteiger partial charge in [-0.3, -0.25) is 14.6 Å². The lowest BCUT2D eigenvalue weighted by molar-refractivity contribution is -0.120. The molecule has 1 saturated heterocycles. The predicted octanol–water partition coefficient (Wildman–Crippen LogP) is 4.01. The van der Waals surface area contributed by atoms with E-state index in [0.717, 1.165) is 11.3 Å². The first-order valence-corrected chi connectivity index (χ1v) is 10.7. The molecule has 1 aliphatic rings. The molecule has 2 heterocycles. The summed E-state index contributed by atoms with van der Waals surface area (Å²) in [6.45, 7) is 1.85. The third kappa shape index (κ3) is 5.49. The molecule has 2 N–H and O–H groups in total. The number of carbonyl (C=O) groups is 2. The second-order valence-corrected chi connectivity index (χ2v) is 7.83. The van der Waals surface area contributed by atoms with Crippen molar-refractivity contribution in [1.29, 1.82) is 0 Å². The van der Waals surface area contributed by atoms with E-state index in [4.69, 9.17) is 0 Å². The number of piperidine rings is 1. The van der Waals surface area contributed by atoms with E-state index in [1.54, 1.807) is 24.4 Å². The third-order valence-electron chi connectivity index (χ3n) is 5.61. The molecule has 0 atom stereocenters. The fourth-order valence-corrected chi connectivity index (χ4v) is 3.79. The van der Waals surface area contributed by atoms with E-state index in [1.807, 2.05) is 36.4 Å². The van der Waals surface area contributed by atoms with Crippen LogP contribution < -0.4 is 15.5 Å². The van der Waals surface area contributed by atoms with Crippen LogP contribution in [0.4, 0.5) is 15.8 Å². The molecule has 4 rings (SSSR count). The van der Waals surface area contributed by atoms with Crippen molar-refractivity contribution in [3.63, 3.8) is 0 Å². The summed E-state index contributed by atoms with van der Waals surface area (Å²) in [5.41, 5.74) is 2.91. The van der Waals surface area contributed by atoms with Crippen molar-refractivity contribution in [2.75, 3.05) is 23.3 Å². The molecule has 0 saturated carbocycles. The molecule has 0 radical (unpaired) electrons. The Balaban J connectivity index is 1.31. The van der Waals surface area contributed by atoms with Gasteiger partial charge in [0, 0.05) is 43.1 Å². The maximum Gasteiger partial charge on any atom is 0.270 e. The molecule has 1 aromatic heterocycles. The summed E-state index contributed by atoms with van der Waals surface area (Å²) in [5, 5.41) is 5.76. The monoisotopic (exact) mass is 432 g/mol. The average molecular weight is 432 g/mol. The van der Waals surface area contributed by atoms with E-state index in [9.17, 15) is 14.0 Å². The molecule has 1 fully saturated rings. The SMILES string of the molecule is O=C(NCc1ccccc1)c1cc(N2CCC(C(=O)Nc3ccc(F)cc3)CC2)ccn1. The maximum atomic E-state index is 13.0. The number of nitrogens with zero attached hydrogens (tertiary/aromatic N) is 2. The van der Waals surface area contributed by atoms with Crippen LogP contribution in [0.15, 0.2) is 72.9 Å². The van der Waals surface area contributed by atoms with E-state index in [1.165, 1.54) is 12.1 Å². The van der Waals surface area contributed by atoms with Crippen LogP contribution in [0.2, 0.25) is 0 Å². The number of carbonyl (C=O) groups excluding carboxylic acids is 2. The Kier molecular flexibility index (Phi) is 6.75. The fourth-order valence-electron chi connectivity index (χ4n) is 3.79. The van der Waals surface area contributed by atoms with Crippen molar-refractivity contribution < 1.29 is 14.0 Å². The highest BCUT2D eigenvalue weighted by Crippen LogP contribution is 2.24. The molecule has 0 spiro atoms. The fraction of sp³-hybridized carbons (Fsp3) is 0.240. The van der Waals surface area contributed by atoms with Crippen LogP contribution in [0.1, 0.15) is 28.9 Å². The number of pyridine rings is 1. The van der Waals surface area contributed by atoms with Crippen LogP contribution in [-0.2, 0) is 11.3 Å². The summed E-state index contributed by atoms with van der Waals surface area (Å²) >= 11 is 0. The van der Waals surface area contributed by atoms with Gasteiger partial charge in [0.2, 0.25) is 5.91 Å². The highest BCUT2D eigenvalue weighted by Gasteiger charge is 2.25. The van der Waals surface area contributed by atoms with Crippen LogP contribution in [0.3, 0.4) is 0 Å². The number of anilines is 2. The van der Waals surface area contributed by atoms with Crippen LogP contribution in [0.5, 0.6) is 0 Å². The summed E-state index contributed by atoms with van der Waals surface area (Å²) in [6.07, 6.45) is 3.04. The molecule has 7 heteroatoms. The lowest BCUT2D eigenvalue weighted by Crippen LogP contribution is -2.38. The first-order valence-electron chi connectivity index (χ1n) is 10.7. The van der Waals surface area contributed by atoms with Gasteiger partial charge in [-0.05, 0) is 54.8 Å². The highest BCUT2D eigenvalue weighted by molar-refractivity contribution is 5.93. The molecule has 164 valence electrons. The number of hydrogen-bond donors (Lipinski definition) is 2. The number of rotatable bonds is 6. The zero-order chi connectivity index (χ0) is 22.3. The van der Waals surface area contributed by atoms with Crippen molar-refractivity contribution in [2.45, 2.75) is 19.4 Å². The zero-order valence-electron chi connectivity index (χ0n) is 17.6. The van der Waals surface area contributed by atoms with Gasteiger partial charge in [0.1, 0.15) is 11.5 Å². The summed E-state index contributed by atoms with van der Waals surface area (Å²) in [5.74, 6) is -0.704. The van der Waals surface area contributed by atoms with Crippen molar-refractivity contribution in [2.24, 2.45) is 5.92 Å². The zero-order valence-corrected chi connectivity index (χ0v) is 17.6. The van der Waals surface area contributed by atoms with Gasteiger partial charge in [-0.25, -0.2) is 4.39 Å². The van der Waals surface area contributed by atoms with E-state index in [-0.39, 0.29) is 23.5 Å². The quantitative estimate of drug-likeness (QED) is 0.617. The van der Waals surface area contributed by atoms with Crippen LogP contribution in [0, 0.1) is 11.7 Å². The minimum atomic E-state index is -0.332. The van der Waals surface area contributed by atoms with E-state index < -0.39 is 0 Å². The van der Waals surface area contributed by atoms with Gasteiger partial charge in [0.15, 0.2) is 0 Å². The van der Waals surface area contributed by atoms with Gasteiger partial charge in [0.05, 0.1) is 0 Å². The number of halogens is 1. The van der Waals surface area contributed by atoms with Crippen molar-refractivity contribution in [3.8, 4) is 0 Å². The van der Waals surface area contributed by atoms with Crippen molar-refractivity contribution in [1.82, 2.24) is 10.3 Å². The summed E-state index contributed by atoms with van der Waals surface area (Å²) < 4.78 is 13.0. The minimum absolute atomic E-state index is 0.0491. The van der Waals surface area contributed by atoms with Gasteiger partial charge >= 0.3 is 0 Å². The Morgan fingerprint density at radius 1 is 1.00 bits per heavy atom. The predicted molar refractivity (Wildman–Crippen MR) is 122 cm³/mol. The maximum absolute atomic E-state index is 13.0. The molecule has 2 aromatic carbocycles. The minimum Gasteiger partial charge on any atom is -0.371 e. The number of nitrogens with one attached hydrogen (secondary N) is 2. The van der Waals surface area contributed by atoms with Gasteiger partial charge in [-0.1, -0.05) is 30.3 Å². The topological polar surface area (TPSA) is 74.3 Å².